The van der Waals surface area contributed by atoms with Gasteiger partial charge in [0.1, 0.15) is 4.90 Å². The molecule has 1 saturated heterocycles. The topological polar surface area (TPSA) is 96.5 Å². The predicted molar refractivity (Wildman–Crippen MR) is 70.7 cm³/mol. The van der Waals surface area contributed by atoms with Gasteiger partial charge in [-0.05, 0) is 24.5 Å². The van der Waals surface area contributed by atoms with Crippen LogP contribution < -0.4 is 5.73 Å². The number of aliphatic hydroxyl groups is 1. The van der Waals surface area contributed by atoms with E-state index < -0.39 is 16.1 Å². The van der Waals surface area contributed by atoms with E-state index in [1.54, 1.807) is 6.07 Å². The fourth-order valence-corrected chi connectivity index (χ4v) is 3.65. The van der Waals surface area contributed by atoms with E-state index in [1.165, 1.54) is 16.6 Å². The van der Waals surface area contributed by atoms with Crippen LogP contribution in [0.15, 0.2) is 23.2 Å². The maximum atomic E-state index is 12.4. The second-order valence-electron chi connectivity index (χ2n) is 4.89. The number of hydrogen-bond donors (Lipinski definition) is 2. The van der Waals surface area contributed by atoms with Crippen molar-refractivity contribution >= 4 is 10.0 Å². The Morgan fingerprint density at radius 1 is 1.53 bits per heavy atom. The molecule has 2 heterocycles. The second-order valence-corrected chi connectivity index (χ2v) is 6.82. The molecule has 6 nitrogen and oxygen atoms in total. The minimum Gasteiger partial charge on any atom is -0.393 e. The predicted octanol–water partition coefficient (Wildman–Crippen LogP) is -0.0683. The molecule has 2 rings (SSSR count). The van der Waals surface area contributed by atoms with E-state index in [-0.39, 0.29) is 17.4 Å². The molecule has 2 atom stereocenters. The van der Waals surface area contributed by atoms with Crippen LogP contribution in [-0.4, -0.2) is 42.0 Å². The first-order valence-electron chi connectivity index (χ1n) is 6.28. The quantitative estimate of drug-likeness (QED) is 0.810. The molecule has 106 valence electrons. The summed E-state index contributed by atoms with van der Waals surface area (Å²) in [6.45, 7) is 2.81. The molecule has 0 aromatic carbocycles. The highest BCUT2D eigenvalue weighted by Crippen LogP contribution is 2.23. The van der Waals surface area contributed by atoms with Gasteiger partial charge in [-0.2, -0.15) is 4.31 Å². The van der Waals surface area contributed by atoms with E-state index in [9.17, 15) is 13.5 Å². The Labute approximate surface area is 113 Å². The molecule has 0 aliphatic carbocycles. The minimum absolute atomic E-state index is 0.0557. The largest absolute Gasteiger partial charge is 0.393 e. The van der Waals surface area contributed by atoms with Gasteiger partial charge in [0, 0.05) is 25.8 Å². The lowest BCUT2D eigenvalue weighted by Crippen LogP contribution is -2.44. The Morgan fingerprint density at radius 3 is 2.79 bits per heavy atom. The Morgan fingerprint density at radius 2 is 2.26 bits per heavy atom. The van der Waals surface area contributed by atoms with Crippen LogP contribution in [0.5, 0.6) is 0 Å². The molecule has 1 fully saturated rings. The Bertz CT molecular complexity index is 530. The summed E-state index contributed by atoms with van der Waals surface area (Å²) in [4.78, 5) is 4.19. The molecular weight excluding hydrogens is 266 g/mol. The van der Waals surface area contributed by atoms with Gasteiger partial charge in [-0.1, -0.05) is 6.92 Å². The van der Waals surface area contributed by atoms with Crippen LogP contribution in [-0.2, 0) is 16.6 Å². The third-order valence-electron chi connectivity index (χ3n) is 3.47. The molecule has 0 radical (unpaired) electrons. The van der Waals surface area contributed by atoms with Gasteiger partial charge < -0.3 is 10.8 Å². The molecule has 19 heavy (non-hydrogen) atoms. The molecule has 2 unspecified atom stereocenters. The Kier molecular flexibility index (Phi) is 4.19. The summed E-state index contributed by atoms with van der Waals surface area (Å²) in [5.41, 5.74) is 6.09. The van der Waals surface area contributed by atoms with Crippen LogP contribution in [0, 0.1) is 5.92 Å². The van der Waals surface area contributed by atoms with Crippen molar-refractivity contribution in [2.45, 2.75) is 30.9 Å². The summed E-state index contributed by atoms with van der Waals surface area (Å²) in [5, 5.41) is 9.65. The number of rotatable bonds is 3. The number of aromatic nitrogens is 1. The first-order valence-corrected chi connectivity index (χ1v) is 7.72. The van der Waals surface area contributed by atoms with E-state index in [0.29, 0.717) is 25.2 Å². The van der Waals surface area contributed by atoms with Crippen LogP contribution in [0.4, 0.5) is 0 Å². The molecular formula is C12H19N3O3S. The van der Waals surface area contributed by atoms with Crippen LogP contribution in [0.25, 0.3) is 0 Å². The molecule has 1 aromatic rings. The summed E-state index contributed by atoms with van der Waals surface area (Å²) in [5.74, 6) is -0.0557. The minimum atomic E-state index is -3.52. The van der Waals surface area contributed by atoms with Gasteiger partial charge in [0.05, 0.1) is 11.8 Å². The maximum absolute atomic E-state index is 12.4. The van der Waals surface area contributed by atoms with Crippen molar-refractivity contribution in [3.8, 4) is 0 Å². The highest BCUT2D eigenvalue weighted by Gasteiger charge is 2.32. The zero-order chi connectivity index (χ0) is 14.0. The van der Waals surface area contributed by atoms with Gasteiger partial charge in [0.2, 0.25) is 10.0 Å². The lowest BCUT2D eigenvalue weighted by Gasteiger charge is -2.33. The van der Waals surface area contributed by atoms with Crippen molar-refractivity contribution in [3.63, 3.8) is 0 Å². The van der Waals surface area contributed by atoms with Gasteiger partial charge in [-0.3, -0.25) is 4.98 Å². The molecule has 3 N–H and O–H groups in total. The van der Waals surface area contributed by atoms with Crippen molar-refractivity contribution in [2.75, 3.05) is 13.1 Å². The van der Waals surface area contributed by atoms with Crippen LogP contribution in [0.1, 0.15) is 19.0 Å². The highest BCUT2D eigenvalue weighted by atomic mass is 32.2. The zero-order valence-corrected chi connectivity index (χ0v) is 11.7. The van der Waals surface area contributed by atoms with Gasteiger partial charge in [0.15, 0.2) is 0 Å². The van der Waals surface area contributed by atoms with Crippen molar-refractivity contribution in [3.05, 3.63) is 24.0 Å². The molecule has 7 heteroatoms. The summed E-state index contributed by atoms with van der Waals surface area (Å²) in [6, 6.07) is 3.15. The monoisotopic (exact) mass is 285 g/mol. The number of nitrogens with two attached hydrogens (primary N) is 1. The number of hydrogen-bond acceptors (Lipinski definition) is 5. The number of nitrogens with zero attached hydrogens (tertiary/aromatic N) is 2. The van der Waals surface area contributed by atoms with Gasteiger partial charge in [-0.15, -0.1) is 0 Å². The van der Waals surface area contributed by atoms with E-state index >= 15 is 0 Å². The number of pyridine rings is 1. The smallest absolute Gasteiger partial charge is 0.244 e. The van der Waals surface area contributed by atoms with E-state index in [0.717, 1.165) is 0 Å². The molecule has 1 aromatic heterocycles. The SMILES string of the molecule is CC1CN(S(=O)(=O)c2ccc(CN)nc2)CCC1O. The average Bonchev–Trinajstić information content (AvgIpc) is 2.41. The molecule has 0 amide bonds. The van der Waals surface area contributed by atoms with Crippen molar-refractivity contribution < 1.29 is 13.5 Å². The lowest BCUT2D eigenvalue weighted by atomic mass is 9.99. The summed E-state index contributed by atoms with van der Waals surface area (Å²) in [6.07, 6.45) is 1.38. The van der Waals surface area contributed by atoms with Crippen molar-refractivity contribution in [2.24, 2.45) is 11.7 Å². The number of piperidine rings is 1. The van der Waals surface area contributed by atoms with Crippen molar-refractivity contribution in [1.29, 1.82) is 0 Å². The third kappa shape index (κ3) is 2.94. The zero-order valence-electron chi connectivity index (χ0n) is 10.9. The normalized spacial score (nSPS) is 25.4. The Hall–Kier alpha value is -1.02. The van der Waals surface area contributed by atoms with Crippen LogP contribution in [0.3, 0.4) is 0 Å². The standard InChI is InChI=1S/C12H19N3O3S/c1-9-8-15(5-4-12(9)16)19(17,18)11-3-2-10(6-13)14-7-11/h2-3,7,9,12,16H,4-6,8,13H2,1H3. The number of aliphatic hydroxyl groups excluding tert-OH is 1. The van der Waals surface area contributed by atoms with Gasteiger partial charge in [0.25, 0.3) is 0 Å². The van der Waals surface area contributed by atoms with E-state index in [2.05, 4.69) is 4.98 Å². The molecule has 1 aliphatic heterocycles. The first-order chi connectivity index (χ1) is 8.95. The maximum Gasteiger partial charge on any atom is 0.244 e. The van der Waals surface area contributed by atoms with E-state index in [4.69, 9.17) is 5.73 Å². The Balaban J connectivity index is 2.21. The summed E-state index contributed by atoms with van der Waals surface area (Å²) in [7, 11) is -3.52. The molecule has 0 bridgehead atoms. The molecule has 0 saturated carbocycles. The van der Waals surface area contributed by atoms with E-state index in [1.807, 2.05) is 6.92 Å². The fraction of sp³-hybridized carbons (Fsp3) is 0.583. The number of sulfonamides is 1. The van der Waals surface area contributed by atoms with Crippen molar-refractivity contribution in [1.82, 2.24) is 9.29 Å². The lowest BCUT2D eigenvalue weighted by molar-refractivity contribution is 0.0628. The second kappa shape index (κ2) is 5.54. The fourth-order valence-electron chi connectivity index (χ4n) is 2.15. The third-order valence-corrected chi connectivity index (χ3v) is 5.32. The van der Waals surface area contributed by atoms with Crippen LogP contribution in [0.2, 0.25) is 0 Å². The summed E-state index contributed by atoms with van der Waals surface area (Å²) >= 11 is 0. The van der Waals surface area contributed by atoms with Gasteiger partial charge >= 0.3 is 0 Å². The highest BCUT2D eigenvalue weighted by molar-refractivity contribution is 7.89. The van der Waals surface area contributed by atoms with Gasteiger partial charge in [-0.25, -0.2) is 8.42 Å². The first kappa shape index (κ1) is 14.4. The average molecular weight is 285 g/mol. The van der Waals surface area contributed by atoms with Crippen LogP contribution >= 0.6 is 0 Å². The summed E-state index contributed by atoms with van der Waals surface area (Å²) < 4.78 is 26.2. The molecule has 1 aliphatic rings. The molecule has 0 spiro atoms.